The predicted molar refractivity (Wildman–Crippen MR) is 60.3 cm³/mol. The van der Waals surface area contributed by atoms with Crippen molar-refractivity contribution >= 4 is 16.9 Å². The molecule has 0 saturated heterocycles. The minimum atomic E-state index is -1.16. The molecule has 1 unspecified atom stereocenters. The second-order valence-corrected chi connectivity index (χ2v) is 4.47. The van der Waals surface area contributed by atoms with Crippen LogP contribution in [-0.2, 0) is 17.6 Å². The lowest BCUT2D eigenvalue weighted by molar-refractivity contribution is -0.143. The van der Waals surface area contributed by atoms with E-state index in [4.69, 9.17) is 5.73 Å². The number of hydrogen-bond acceptors (Lipinski definition) is 2. The van der Waals surface area contributed by atoms with Gasteiger partial charge in [0, 0.05) is 29.9 Å². The van der Waals surface area contributed by atoms with Gasteiger partial charge in [-0.2, -0.15) is 0 Å². The Kier molecular flexibility index (Phi) is 1.68. The summed E-state index contributed by atoms with van der Waals surface area (Å²) in [7, 11) is 0. The smallest absolute Gasteiger partial charge is 0.324 e. The molecule has 0 spiro atoms. The maximum Gasteiger partial charge on any atom is 0.324 e. The number of rotatable bonds is 1. The second-order valence-electron chi connectivity index (χ2n) is 4.47. The first-order chi connectivity index (χ1) is 7.60. The average molecular weight is 216 g/mol. The van der Waals surface area contributed by atoms with Gasteiger partial charge in [0.15, 0.2) is 0 Å². The summed E-state index contributed by atoms with van der Waals surface area (Å²) in [6.07, 6.45) is 2.64. The number of aromatic amines is 1. The van der Waals surface area contributed by atoms with E-state index in [9.17, 15) is 9.90 Å². The molecule has 1 aromatic heterocycles. The third-order valence-electron chi connectivity index (χ3n) is 3.31. The lowest BCUT2D eigenvalue weighted by Gasteiger charge is -2.29. The van der Waals surface area contributed by atoms with Crippen LogP contribution >= 0.6 is 0 Å². The van der Waals surface area contributed by atoms with E-state index in [0.717, 1.165) is 22.0 Å². The van der Waals surface area contributed by atoms with Gasteiger partial charge < -0.3 is 15.8 Å². The van der Waals surface area contributed by atoms with E-state index in [2.05, 4.69) is 4.98 Å². The first kappa shape index (κ1) is 9.42. The summed E-state index contributed by atoms with van der Waals surface area (Å²) < 4.78 is 0. The van der Waals surface area contributed by atoms with Crippen molar-refractivity contribution in [3.63, 3.8) is 0 Å². The Bertz CT molecular complexity index is 588. The van der Waals surface area contributed by atoms with Crippen LogP contribution in [-0.4, -0.2) is 21.6 Å². The number of nitrogens with one attached hydrogen (secondary N) is 1. The average Bonchev–Trinajstić information content (AvgIpc) is 2.63. The van der Waals surface area contributed by atoms with Crippen LogP contribution in [0.2, 0.25) is 0 Å². The summed E-state index contributed by atoms with van der Waals surface area (Å²) in [4.78, 5) is 14.3. The van der Waals surface area contributed by atoms with Gasteiger partial charge in [0.1, 0.15) is 5.54 Å². The predicted octanol–water partition coefficient (Wildman–Crippen LogP) is 1.05. The summed E-state index contributed by atoms with van der Waals surface area (Å²) >= 11 is 0. The van der Waals surface area contributed by atoms with Gasteiger partial charge in [0.2, 0.25) is 0 Å². The number of nitrogens with two attached hydrogens (primary N) is 1. The molecule has 2 aromatic rings. The molecular weight excluding hydrogens is 204 g/mol. The molecule has 0 saturated carbocycles. The topological polar surface area (TPSA) is 79.1 Å². The van der Waals surface area contributed by atoms with Crippen LogP contribution in [0, 0.1) is 0 Å². The van der Waals surface area contributed by atoms with E-state index < -0.39 is 11.5 Å². The summed E-state index contributed by atoms with van der Waals surface area (Å²) in [5.41, 5.74) is 7.85. The van der Waals surface area contributed by atoms with Crippen molar-refractivity contribution in [2.45, 2.75) is 18.4 Å². The van der Waals surface area contributed by atoms with E-state index >= 15 is 0 Å². The van der Waals surface area contributed by atoms with Crippen molar-refractivity contribution in [3.05, 3.63) is 35.5 Å². The first-order valence-electron chi connectivity index (χ1n) is 5.20. The van der Waals surface area contributed by atoms with Gasteiger partial charge in [-0.25, -0.2) is 0 Å². The molecule has 0 aliphatic heterocycles. The Morgan fingerprint density at radius 1 is 1.38 bits per heavy atom. The fourth-order valence-corrected chi connectivity index (χ4v) is 2.52. The molecule has 4 nitrogen and oxygen atoms in total. The number of aromatic nitrogens is 1. The van der Waals surface area contributed by atoms with Crippen LogP contribution in [0.1, 0.15) is 11.1 Å². The van der Waals surface area contributed by atoms with Crippen molar-refractivity contribution < 1.29 is 9.90 Å². The van der Waals surface area contributed by atoms with E-state index in [1.807, 2.05) is 24.4 Å². The SMILES string of the molecule is NC1(C(=O)O)Cc2cccc3[nH]cc(c23)C1. The fourth-order valence-electron chi connectivity index (χ4n) is 2.52. The molecule has 3 rings (SSSR count). The molecule has 0 radical (unpaired) electrons. The van der Waals surface area contributed by atoms with E-state index in [1.165, 1.54) is 0 Å². The summed E-state index contributed by atoms with van der Waals surface area (Å²) in [6.45, 7) is 0. The third kappa shape index (κ3) is 1.10. The molecule has 82 valence electrons. The highest BCUT2D eigenvalue weighted by atomic mass is 16.4. The molecule has 1 atom stereocenters. The zero-order chi connectivity index (χ0) is 11.3. The van der Waals surface area contributed by atoms with Crippen LogP contribution in [0.25, 0.3) is 10.9 Å². The Hall–Kier alpha value is -1.81. The molecule has 1 heterocycles. The van der Waals surface area contributed by atoms with Gasteiger partial charge in [-0.1, -0.05) is 12.1 Å². The van der Waals surface area contributed by atoms with Gasteiger partial charge in [-0.15, -0.1) is 0 Å². The van der Waals surface area contributed by atoms with Gasteiger partial charge in [0.05, 0.1) is 0 Å². The minimum Gasteiger partial charge on any atom is -0.480 e. The van der Waals surface area contributed by atoms with Crippen LogP contribution in [0.5, 0.6) is 0 Å². The van der Waals surface area contributed by atoms with Crippen LogP contribution < -0.4 is 5.73 Å². The van der Waals surface area contributed by atoms with Crippen molar-refractivity contribution in [2.75, 3.05) is 0 Å². The van der Waals surface area contributed by atoms with Crippen molar-refractivity contribution in [2.24, 2.45) is 5.73 Å². The molecule has 4 heteroatoms. The molecular formula is C12H12N2O2. The Balaban J connectivity index is 2.24. The number of aliphatic carboxylic acids is 1. The van der Waals surface area contributed by atoms with Gasteiger partial charge >= 0.3 is 5.97 Å². The molecule has 0 fully saturated rings. The standard InChI is InChI=1S/C12H12N2O2/c13-12(11(15)16)4-7-2-1-3-9-10(7)8(5-12)6-14-9/h1-3,6,14H,4-5,13H2,(H,15,16). The minimum absolute atomic E-state index is 0.388. The van der Waals surface area contributed by atoms with Crippen LogP contribution in [0.4, 0.5) is 0 Å². The zero-order valence-corrected chi connectivity index (χ0v) is 8.66. The van der Waals surface area contributed by atoms with Gasteiger partial charge in [-0.3, -0.25) is 4.79 Å². The highest BCUT2D eigenvalue weighted by molar-refractivity contribution is 5.91. The summed E-state index contributed by atoms with van der Waals surface area (Å²) in [5, 5.41) is 10.3. The summed E-state index contributed by atoms with van der Waals surface area (Å²) in [5.74, 6) is -0.934. The molecule has 0 amide bonds. The third-order valence-corrected chi connectivity index (χ3v) is 3.31. The normalized spacial score (nSPS) is 23.6. The fraction of sp³-hybridized carbons (Fsp3) is 0.250. The maximum atomic E-state index is 11.2. The molecule has 1 aliphatic rings. The number of H-pyrrole nitrogens is 1. The van der Waals surface area contributed by atoms with Gasteiger partial charge in [-0.05, 0) is 17.2 Å². The molecule has 4 N–H and O–H groups in total. The highest BCUT2D eigenvalue weighted by Gasteiger charge is 2.38. The maximum absolute atomic E-state index is 11.2. The number of hydrogen-bond donors (Lipinski definition) is 3. The van der Waals surface area contributed by atoms with E-state index in [0.29, 0.717) is 12.8 Å². The highest BCUT2D eigenvalue weighted by Crippen LogP contribution is 2.33. The number of carboxylic acids is 1. The zero-order valence-electron chi connectivity index (χ0n) is 8.66. The molecule has 1 aromatic carbocycles. The molecule has 16 heavy (non-hydrogen) atoms. The lowest BCUT2D eigenvalue weighted by Crippen LogP contribution is -2.53. The molecule has 1 aliphatic carbocycles. The lowest BCUT2D eigenvalue weighted by atomic mass is 9.79. The van der Waals surface area contributed by atoms with Crippen molar-refractivity contribution in [1.82, 2.24) is 4.98 Å². The molecule has 0 bridgehead atoms. The van der Waals surface area contributed by atoms with Crippen LogP contribution in [0.15, 0.2) is 24.4 Å². The summed E-state index contributed by atoms with van der Waals surface area (Å²) in [6, 6.07) is 5.86. The monoisotopic (exact) mass is 216 g/mol. The van der Waals surface area contributed by atoms with Crippen molar-refractivity contribution in [1.29, 1.82) is 0 Å². The number of carboxylic acid groups (broad SMARTS) is 1. The number of carbonyl (C=O) groups is 1. The Labute approximate surface area is 92.1 Å². The van der Waals surface area contributed by atoms with Gasteiger partial charge in [0.25, 0.3) is 0 Å². The van der Waals surface area contributed by atoms with E-state index in [1.54, 1.807) is 0 Å². The van der Waals surface area contributed by atoms with Crippen LogP contribution in [0.3, 0.4) is 0 Å². The second kappa shape index (κ2) is 2.86. The Morgan fingerprint density at radius 3 is 2.88 bits per heavy atom. The Morgan fingerprint density at radius 2 is 2.12 bits per heavy atom. The van der Waals surface area contributed by atoms with Crippen molar-refractivity contribution in [3.8, 4) is 0 Å². The van der Waals surface area contributed by atoms with E-state index in [-0.39, 0.29) is 0 Å². The number of benzene rings is 1. The largest absolute Gasteiger partial charge is 0.480 e. The first-order valence-corrected chi connectivity index (χ1v) is 5.20. The quantitative estimate of drug-likeness (QED) is 0.666.